The molecule has 2 aliphatic heterocycles. The highest BCUT2D eigenvalue weighted by Crippen LogP contribution is 2.26. The number of amides is 1. The maximum absolute atomic E-state index is 12.1. The molecule has 2 fully saturated rings. The lowest BCUT2D eigenvalue weighted by molar-refractivity contribution is -0.129. The first kappa shape index (κ1) is 14.0. The van der Waals surface area contributed by atoms with Crippen LogP contribution >= 0.6 is 11.3 Å². The van der Waals surface area contributed by atoms with Crippen molar-refractivity contribution in [2.24, 2.45) is 11.8 Å². The number of hydrogen-bond acceptors (Lipinski definition) is 5. The normalized spacial score (nSPS) is 25.9. The van der Waals surface area contributed by atoms with Crippen LogP contribution in [0.25, 0.3) is 0 Å². The topological polar surface area (TPSA) is 78.5 Å². The molecule has 0 radical (unpaired) electrons. The van der Waals surface area contributed by atoms with E-state index < -0.39 is 10.0 Å². The summed E-state index contributed by atoms with van der Waals surface area (Å²) in [5.74, 6) is 0.903. The highest BCUT2D eigenvalue weighted by atomic mass is 32.2. The van der Waals surface area contributed by atoms with Gasteiger partial charge in [0.2, 0.25) is 5.91 Å². The van der Waals surface area contributed by atoms with Gasteiger partial charge in [0.25, 0.3) is 10.0 Å². The fourth-order valence-corrected chi connectivity index (χ4v) is 4.83. The van der Waals surface area contributed by atoms with Gasteiger partial charge in [-0.2, -0.15) is 0 Å². The molecule has 8 heteroatoms. The minimum atomic E-state index is -3.55. The van der Waals surface area contributed by atoms with E-state index in [2.05, 4.69) is 10.0 Å². The van der Waals surface area contributed by atoms with Crippen molar-refractivity contribution >= 4 is 27.3 Å². The molecule has 1 aromatic rings. The first-order chi connectivity index (χ1) is 9.56. The van der Waals surface area contributed by atoms with Gasteiger partial charge in [0.1, 0.15) is 4.21 Å². The molecule has 6 nitrogen and oxygen atoms in total. The second-order valence-corrected chi connectivity index (χ2v) is 8.18. The number of nitrogens with one attached hydrogen (secondary N) is 2. The molecule has 0 saturated carbocycles. The lowest BCUT2D eigenvalue weighted by Crippen LogP contribution is -2.40. The van der Waals surface area contributed by atoms with Crippen LogP contribution in [0.2, 0.25) is 0 Å². The molecule has 1 amide bonds. The molecule has 20 heavy (non-hydrogen) atoms. The third-order valence-corrected chi connectivity index (χ3v) is 6.71. The number of fused-ring (bicyclic) bond motifs is 1. The third-order valence-electron chi connectivity index (χ3n) is 3.92. The maximum atomic E-state index is 12.1. The molecule has 0 aliphatic carbocycles. The molecule has 2 aliphatic rings. The summed E-state index contributed by atoms with van der Waals surface area (Å²) in [7, 11) is -3.55. The Bertz CT molecular complexity index is 573. The van der Waals surface area contributed by atoms with Gasteiger partial charge >= 0.3 is 0 Å². The van der Waals surface area contributed by atoms with E-state index in [-0.39, 0.29) is 16.7 Å². The van der Waals surface area contributed by atoms with E-state index in [4.69, 9.17) is 0 Å². The summed E-state index contributed by atoms with van der Waals surface area (Å²) in [5, 5.41) is 5.01. The van der Waals surface area contributed by atoms with Crippen molar-refractivity contribution in [3.05, 3.63) is 17.5 Å². The van der Waals surface area contributed by atoms with Crippen LogP contribution in [-0.4, -0.2) is 51.9 Å². The lowest BCUT2D eigenvalue weighted by atomic mass is 10.0. The van der Waals surface area contributed by atoms with Gasteiger partial charge < -0.3 is 10.2 Å². The van der Waals surface area contributed by atoms with Crippen LogP contribution in [0.3, 0.4) is 0 Å². The van der Waals surface area contributed by atoms with E-state index in [1.807, 2.05) is 0 Å². The number of hydrogen-bond donors (Lipinski definition) is 2. The quantitative estimate of drug-likeness (QED) is 0.800. The average Bonchev–Trinajstić information content (AvgIpc) is 3.10. The zero-order valence-electron chi connectivity index (χ0n) is 10.9. The highest BCUT2D eigenvalue weighted by Gasteiger charge is 2.38. The molecule has 1 aromatic heterocycles. The second-order valence-electron chi connectivity index (χ2n) is 5.23. The summed E-state index contributed by atoms with van der Waals surface area (Å²) in [6.45, 7) is 3.21. The lowest BCUT2D eigenvalue weighted by Gasteiger charge is -2.17. The van der Waals surface area contributed by atoms with Gasteiger partial charge in [0.05, 0.1) is 6.54 Å². The van der Waals surface area contributed by atoms with Gasteiger partial charge in [-0.1, -0.05) is 6.07 Å². The Morgan fingerprint density at radius 1 is 1.40 bits per heavy atom. The van der Waals surface area contributed by atoms with Crippen molar-refractivity contribution in [3.63, 3.8) is 0 Å². The van der Waals surface area contributed by atoms with E-state index in [1.165, 1.54) is 6.07 Å². The summed E-state index contributed by atoms with van der Waals surface area (Å²) in [4.78, 5) is 13.8. The van der Waals surface area contributed by atoms with Crippen molar-refractivity contribution < 1.29 is 13.2 Å². The van der Waals surface area contributed by atoms with Gasteiger partial charge in [-0.3, -0.25) is 4.79 Å². The number of thiophene rings is 1. The van der Waals surface area contributed by atoms with E-state index in [0.29, 0.717) is 11.8 Å². The van der Waals surface area contributed by atoms with E-state index in [9.17, 15) is 13.2 Å². The molecule has 2 saturated heterocycles. The van der Waals surface area contributed by atoms with Crippen molar-refractivity contribution in [2.75, 3.05) is 32.7 Å². The Morgan fingerprint density at radius 2 is 2.10 bits per heavy atom. The first-order valence-electron chi connectivity index (χ1n) is 6.58. The SMILES string of the molecule is O=C(CNS(=O)(=O)c1cccs1)N1C[C@H]2CNC[C@H]2C1. The Kier molecular flexibility index (Phi) is 3.80. The number of rotatable bonds is 4. The summed E-state index contributed by atoms with van der Waals surface area (Å²) >= 11 is 1.14. The van der Waals surface area contributed by atoms with Crippen molar-refractivity contribution in [2.45, 2.75) is 4.21 Å². The van der Waals surface area contributed by atoms with Gasteiger partial charge in [-0.25, -0.2) is 13.1 Å². The molecule has 0 aromatic carbocycles. The van der Waals surface area contributed by atoms with Crippen LogP contribution in [-0.2, 0) is 14.8 Å². The predicted molar refractivity (Wildman–Crippen MR) is 75.9 cm³/mol. The monoisotopic (exact) mass is 315 g/mol. The molecule has 0 spiro atoms. The van der Waals surface area contributed by atoms with E-state index in [1.54, 1.807) is 16.3 Å². The molecule has 3 heterocycles. The second kappa shape index (κ2) is 5.44. The largest absolute Gasteiger partial charge is 0.341 e. The van der Waals surface area contributed by atoms with Crippen LogP contribution in [0, 0.1) is 11.8 Å². The summed E-state index contributed by atoms with van der Waals surface area (Å²) < 4.78 is 26.5. The zero-order valence-corrected chi connectivity index (χ0v) is 12.5. The fourth-order valence-electron chi connectivity index (χ4n) is 2.82. The van der Waals surface area contributed by atoms with Gasteiger partial charge in [-0.15, -0.1) is 11.3 Å². The number of sulfonamides is 1. The zero-order chi connectivity index (χ0) is 14.2. The molecule has 2 N–H and O–H groups in total. The van der Waals surface area contributed by atoms with Crippen molar-refractivity contribution in [3.8, 4) is 0 Å². The number of carbonyl (C=O) groups is 1. The highest BCUT2D eigenvalue weighted by molar-refractivity contribution is 7.91. The third kappa shape index (κ3) is 2.73. The van der Waals surface area contributed by atoms with E-state index in [0.717, 1.165) is 37.5 Å². The molecular formula is C12H17N3O3S2. The minimum Gasteiger partial charge on any atom is -0.341 e. The Balaban J connectivity index is 1.55. The Hall–Kier alpha value is -0.960. The van der Waals surface area contributed by atoms with Gasteiger partial charge in [0, 0.05) is 26.2 Å². The van der Waals surface area contributed by atoms with E-state index >= 15 is 0 Å². The molecule has 0 bridgehead atoms. The minimum absolute atomic E-state index is 0.139. The van der Waals surface area contributed by atoms with Crippen LogP contribution in [0.5, 0.6) is 0 Å². The van der Waals surface area contributed by atoms with Gasteiger partial charge in [-0.05, 0) is 23.3 Å². The smallest absolute Gasteiger partial charge is 0.250 e. The van der Waals surface area contributed by atoms with Crippen LogP contribution < -0.4 is 10.0 Å². The van der Waals surface area contributed by atoms with Crippen molar-refractivity contribution in [1.29, 1.82) is 0 Å². The number of carbonyl (C=O) groups excluding carboxylic acids is 1. The molecule has 0 unspecified atom stereocenters. The number of nitrogens with zero attached hydrogens (tertiary/aromatic N) is 1. The predicted octanol–water partition coefficient (Wildman–Crippen LogP) is -0.296. The van der Waals surface area contributed by atoms with Gasteiger partial charge in [0.15, 0.2) is 0 Å². The fraction of sp³-hybridized carbons (Fsp3) is 0.583. The Morgan fingerprint density at radius 3 is 2.70 bits per heavy atom. The van der Waals surface area contributed by atoms with Crippen LogP contribution in [0.1, 0.15) is 0 Å². The summed E-state index contributed by atoms with van der Waals surface area (Å²) in [6.07, 6.45) is 0. The summed E-state index contributed by atoms with van der Waals surface area (Å²) in [6, 6.07) is 3.21. The Labute approximate surface area is 122 Å². The summed E-state index contributed by atoms with van der Waals surface area (Å²) in [5.41, 5.74) is 0. The first-order valence-corrected chi connectivity index (χ1v) is 8.94. The maximum Gasteiger partial charge on any atom is 0.250 e. The number of likely N-dealkylation sites (tertiary alicyclic amines) is 1. The molecule has 110 valence electrons. The standard InChI is InChI=1S/C12H17N3O3S2/c16-11(15-7-9-4-13-5-10(9)8-15)6-14-20(17,18)12-2-1-3-19-12/h1-3,9-10,13-14H,4-8H2/t9-,10+. The van der Waals surface area contributed by atoms with Crippen LogP contribution in [0.4, 0.5) is 0 Å². The van der Waals surface area contributed by atoms with Crippen molar-refractivity contribution in [1.82, 2.24) is 14.9 Å². The average molecular weight is 315 g/mol. The van der Waals surface area contributed by atoms with Crippen LogP contribution in [0.15, 0.2) is 21.7 Å². The molecular weight excluding hydrogens is 298 g/mol. The molecule has 3 rings (SSSR count). The molecule has 2 atom stereocenters.